The first-order valence-corrected chi connectivity index (χ1v) is 4.96. The second-order valence-corrected chi connectivity index (χ2v) is 3.51. The van der Waals surface area contributed by atoms with Crippen LogP contribution in [0.4, 0.5) is 0 Å². The molecule has 1 nitrogen and oxygen atoms in total. The van der Waals surface area contributed by atoms with Crippen molar-refractivity contribution in [3.05, 3.63) is 22.6 Å². The highest BCUT2D eigenvalue weighted by Crippen LogP contribution is 2.15. The number of rotatable bonds is 4. The number of furan rings is 1. The second-order valence-electron chi connectivity index (χ2n) is 2.35. The van der Waals surface area contributed by atoms with Gasteiger partial charge in [-0.15, -0.1) is 11.6 Å². The van der Waals surface area contributed by atoms with E-state index in [1.54, 1.807) is 0 Å². The van der Waals surface area contributed by atoms with E-state index in [2.05, 4.69) is 15.9 Å². The standard InChI is InChI=1S/C8H10BrClO/c9-8-5-4-7(11-8)3-1-2-6-10/h4-5H,1-3,6H2. The van der Waals surface area contributed by atoms with Crippen molar-refractivity contribution in [1.29, 1.82) is 0 Å². The lowest BCUT2D eigenvalue weighted by Gasteiger charge is -1.93. The quantitative estimate of drug-likeness (QED) is 0.576. The van der Waals surface area contributed by atoms with Crippen LogP contribution >= 0.6 is 27.5 Å². The van der Waals surface area contributed by atoms with Crippen LogP contribution in [0.2, 0.25) is 0 Å². The molecule has 11 heavy (non-hydrogen) atoms. The Labute approximate surface area is 79.9 Å². The molecule has 1 rings (SSSR count). The van der Waals surface area contributed by atoms with E-state index >= 15 is 0 Å². The Bertz CT molecular complexity index is 210. The van der Waals surface area contributed by atoms with Gasteiger partial charge in [0.2, 0.25) is 0 Å². The Morgan fingerprint density at radius 3 is 2.73 bits per heavy atom. The van der Waals surface area contributed by atoms with Gasteiger partial charge in [0, 0.05) is 12.3 Å². The smallest absolute Gasteiger partial charge is 0.169 e. The van der Waals surface area contributed by atoms with Crippen LogP contribution in [0.1, 0.15) is 18.6 Å². The molecule has 0 bridgehead atoms. The first-order chi connectivity index (χ1) is 5.33. The van der Waals surface area contributed by atoms with E-state index in [-0.39, 0.29) is 0 Å². The Morgan fingerprint density at radius 2 is 2.18 bits per heavy atom. The summed E-state index contributed by atoms with van der Waals surface area (Å²) < 4.78 is 6.11. The van der Waals surface area contributed by atoms with Crippen molar-refractivity contribution in [3.63, 3.8) is 0 Å². The molecule has 62 valence electrons. The van der Waals surface area contributed by atoms with Gasteiger partial charge in [-0.25, -0.2) is 0 Å². The van der Waals surface area contributed by atoms with Crippen molar-refractivity contribution < 1.29 is 4.42 Å². The Hall–Kier alpha value is 0.0500. The third-order valence-electron chi connectivity index (χ3n) is 1.44. The van der Waals surface area contributed by atoms with Crippen LogP contribution in [0.3, 0.4) is 0 Å². The van der Waals surface area contributed by atoms with E-state index in [0.29, 0.717) is 0 Å². The van der Waals surface area contributed by atoms with Crippen LogP contribution in [0, 0.1) is 0 Å². The molecule has 0 fully saturated rings. The van der Waals surface area contributed by atoms with Crippen molar-refractivity contribution in [2.75, 3.05) is 5.88 Å². The molecule has 0 saturated heterocycles. The van der Waals surface area contributed by atoms with Crippen LogP contribution in [-0.2, 0) is 6.42 Å². The maximum atomic E-state index is 5.53. The molecule has 1 aromatic rings. The first kappa shape index (κ1) is 9.14. The molecule has 0 atom stereocenters. The first-order valence-electron chi connectivity index (χ1n) is 3.63. The minimum Gasteiger partial charge on any atom is -0.454 e. The van der Waals surface area contributed by atoms with Gasteiger partial charge in [-0.05, 0) is 40.9 Å². The summed E-state index contributed by atoms with van der Waals surface area (Å²) in [6, 6.07) is 3.90. The molecule has 0 amide bonds. The average molecular weight is 238 g/mol. The highest BCUT2D eigenvalue weighted by atomic mass is 79.9. The zero-order valence-electron chi connectivity index (χ0n) is 6.15. The van der Waals surface area contributed by atoms with Gasteiger partial charge >= 0.3 is 0 Å². The van der Waals surface area contributed by atoms with Gasteiger partial charge in [-0.3, -0.25) is 0 Å². The largest absolute Gasteiger partial charge is 0.454 e. The maximum absolute atomic E-state index is 5.53. The van der Waals surface area contributed by atoms with Gasteiger partial charge in [-0.1, -0.05) is 0 Å². The molecule has 0 unspecified atom stereocenters. The van der Waals surface area contributed by atoms with Crippen molar-refractivity contribution in [3.8, 4) is 0 Å². The molecule has 0 aliphatic carbocycles. The second kappa shape index (κ2) is 4.83. The van der Waals surface area contributed by atoms with E-state index in [0.717, 1.165) is 35.6 Å². The van der Waals surface area contributed by atoms with Gasteiger partial charge in [0.15, 0.2) is 4.67 Å². The van der Waals surface area contributed by atoms with Gasteiger partial charge in [0.25, 0.3) is 0 Å². The van der Waals surface area contributed by atoms with Gasteiger partial charge < -0.3 is 4.42 Å². The lowest BCUT2D eigenvalue weighted by atomic mass is 10.2. The Kier molecular flexibility index (Phi) is 4.02. The summed E-state index contributed by atoms with van der Waals surface area (Å²) in [5.41, 5.74) is 0. The normalized spacial score (nSPS) is 10.4. The average Bonchev–Trinajstić information content (AvgIpc) is 2.37. The summed E-state index contributed by atoms with van der Waals surface area (Å²) in [5.74, 6) is 1.77. The van der Waals surface area contributed by atoms with Gasteiger partial charge in [0.05, 0.1) is 0 Å². The molecule has 3 heteroatoms. The molecule has 0 saturated carbocycles. The summed E-state index contributed by atoms with van der Waals surface area (Å²) in [6.07, 6.45) is 3.14. The van der Waals surface area contributed by atoms with E-state index < -0.39 is 0 Å². The third-order valence-corrected chi connectivity index (χ3v) is 2.13. The Balaban J connectivity index is 2.27. The molecular weight excluding hydrogens is 227 g/mol. The summed E-state index contributed by atoms with van der Waals surface area (Å²) >= 11 is 8.78. The third kappa shape index (κ3) is 3.30. The van der Waals surface area contributed by atoms with Crippen molar-refractivity contribution in [2.45, 2.75) is 19.3 Å². The van der Waals surface area contributed by atoms with Gasteiger partial charge in [-0.2, -0.15) is 0 Å². The van der Waals surface area contributed by atoms with Crippen LogP contribution < -0.4 is 0 Å². The van der Waals surface area contributed by atoms with Crippen LogP contribution in [0.15, 0.2) is 21.2 Å². The van der Waals surface area contributed by atoms with Crippen molar-refractivity contribution in [2.24, 2.45) is 0 Å². The zero-order chi connectivity index (χ0) is 8.10. The summed E-state index contributed by atoms with van der Waals surface area (Å²) in [6.45, 7) is 0. The van der Waals surface area contributed by atoms with E-state index in [9.17, 15) is 0 Å². The van der Waals surface area contributed by atoms with Crippen LogP contribution in [0.5, 0.6) is 0 Å². The number of unbranched alkanes of at least 4 members (excludes halogenated alkanes) is 1. The fourth-order valence-corrected chi connectivity index (χ4v) is 1.41. The number of hydrogen-bond acceptors (Lipinski definition) is 1. The summed E-state index contributed by atoms with van der Waals surface area (Å²) in [7, 11) is 0. The zero-order valence-corrected chi connectivity index (χ0v) is 8.49. The van der Waals surface area contributed by atoms with Crippen molar-refractivity contribution in [1.82, 2.24) is 0 Å². The molecule has 0 aromatic carbocycles. The summed E-state index contributed by atoms with van der Waals surface area (Å²) in [5, 5.41) is 0. The lowest BCUT2D eigenvalue weighted by Crippen LogP contribution is -1.82. The van der Waals surface area contributed by atoms with Crippen molar-refractivity contribution >= 4 is 27.5 Å². The maximum Gasteiger partial charge on any atom is 0.169 e. The summed E-state index contributed by atoms with van der Waals surface area (Å²) in [4.78, 5) is 0. The molecular formula is C8H10BrClO. The highest BCUT2D eigenvalue weighted by molar-refractivity contribution is 9.10. The van der Waals surface area contributed by atoms with E-state index in [4.69, 9.17) is 16.0 Å². The number of hydrogen-bond donors (Lipinski definition) is 0. The molecule has 1 aromatic heterocycles. The molecule has 1 heterocycles. The monoisotopic (exact) mass is 236 g/mol. The molecule has 0 aliphatic heterocycles. The molecule has 0 spiro atoms. The fraction of sp³-hybridized carbons (Fsp3) is 0.500. The minimum absolute atomic E-state index is 0.738. The van der Waals surface area contributed by atoms with Crippen LogP contribution in [0.25, 0.3) is 0 Å². The number of halogens is 2. The topological polar surface area (TPSA) is 13.1 Å². The number of alkyl halides is 1. The SMILES string of the molecule is ClCCCCc1ccc(Br)o1. The predicted octanol–water partition coefficient (Wildman–Crippen LogP) is 3.60. The lowest BCUT2D eigenvalue weighted by molar-refractivity contribution is 0.480. The molecule has 0 N–H and O–H groups in total. The fourth-order valence-electron chi connectivity index (χ4n) is 0.880. The molecule has 0 radical (unpaired) electrons. The predicted molar refractivity (Wildman–Crippen MR) is 50.1 cm³/mol. The highest BCUT2D eigenvalue weighted by Gasteiger charge is 1.97. The minimum atomic E-state index is 0.738. The van der Waals surface area contributed by atoms with Gasteiger partial charge in [0.1, 0.15) is 5.76 Å². The molecule has 0 aliphatic rings. The van der Waals surface area contributed by atoms with E-state index in [1.165, 1.54) is 0 Å². The van der Waals surface area contributed by atoms with E-state index in [1.807, 2.05) is 12.1 Å². The Morgan fingerprint density at radius 1 is 1.36 bits per heavy atom. The van der Waals surface area contributed by atoms with Crippen LogP contribution in [-0.4, -0.2) is 5.88 Å². The number of aryl methyl sites for hydroxylation is 1.